The van der Waals surface area contributed by atoms with Crippen LogP contribution in [0.25, 0.3) is 0 Å². The maximum absolute atomic E-state index is 14.5. The van der Waals surface area contributed by atoms with Crippen molar-refractivity contribution in [2.75, 3.05) is 40.6 Å². The highest BCUT2D eigenvalue weighted by Gasteiger charge is 2.53. The molecule has 0 aromatic heterocycles. The molecule has 4 aliphatic rings. The van der Waals surface area contributed by atoms with Gasteiger partial charge in [0.15, 0.2) is 5.78 Å². The minimum absolute atomic E-state index is 0.0304. The summed E-state index contributed by atoms with van der Waals surface area (Å²) < 4.78 is 29.8. The van der Waals surface area contributed by atoms with Crippen LogP contribution in [0.3, 0.4) is 0 Å². The summed E-state index contributed by atoms with van der Waals surface area (Å²) in [5, 5.41) is 53.5. The SMILES string of the molecule is CO[C@H]1C[C@@H]2CC[C@@H](C)[C@@](O)(O2)C(=O)C(=O)N2CCCC[C@H]2C(=O)O[C@H]([C@H](C)C[C@@H]2CC[C@@H](OC(=O)C(C)(CO)CO)[C@H](OC)C2)CC(=O)/C(C)=C/C(C)[C@@H](O)[C@@H](CO)C(=O)[C@H](C)C[C@H](C)C=CC=CC=C1C. The van der Waals surface area contributed by atoms with E-state index in [2.05, 4.69) is 0 Å². The number of esters is 2. The molecule has 4 rings (SSSR count). The molecule has 17 heteroatoms. The van der Waals surface area contributed by atoms with E-state index in [1.165, 1.54) is 14.0 Å². The van der Waals surface area contributed by atoms with Crippen LogP contribution in [-0.2, 0) is 52.5 Å². The largest absolute Gasteiger partial charge is 0.460 e. The van der Waals surface area contributed by atoms with Crippen molar-refractivity contribution in [3.63, 3.8) is 0 Å². The van der Waals surface area contributed by atoms with Gasteiger partial charge in [0.25, 0.3) is 11.7 Å². The van der Waals surface area contributed by atoms with Gasteiger partial charge in [-0.1, -0.05) is 71.1 Å². The van der Waals surface area contributed by atoms with Gasteiger partial charge in [0.2, 0.25) is 5.79 Å². The van der Waals surface area contributed by atoms with Crippen molar-refractivity contribution < 1.29 is 78.0 Å². The summed E-state index contributed by atoms with van der Waals surface area (Å²) in [5.41, 5.74) is -0.403. The Balaban J connectivity index is 1.69. The number of amides is 1. The Bertz CT molecular complexity index is 2010. The second kappa shape index (κ2) is 28.3. The number of aliphatic hydroxyl groups is 5. The first-order chi connectivity index (χ1) is 34.5. The third-order valence-electron chi connectivity index (χ3n) is 16.0. The summed E-state index contributed by atoms with van der Waals surface area (Å²) in [6.07, 6.45) is 10.7. The number of carbonyl (C=O) groups is 6. The zero-order chi connectivity index (χ0) is 54.4. The van der Waals surface area contributed by atoms with Crippen molar-refractivity contribution in [2.45, 2.75) is 181 Å². The smallest absolute Gasteiger partial charge is 0.329 e. The Labute approximate surface area is 432 Å². The maximum Gasteiger partial charge on any atom is 0.329 e. The number of hydrogen-bond acceptors (Lipinski definition) is 16. The van der Waals surface area contributed by atoms with Crippen LogP contribution in [0.4, 0.5) is 0 Å². The Morgan fingerprint density at radius 2 is 1.59 bits per heavy atom. The summed E-state index contributed by atoms with van der Waals surface area (Å²) in [4.78, 5) is 85.3. The number of nitrogens with zero attached hydrogens (tertiary/aromatic N) is 1. The number of methoxy groups -OCH3 is 2. The molecule has 1 amide bonds. The predicted molar refractivity (Wildman–Crippen MR) is 271 cm³/mol. The van der Waals surface area contributed by atoms with Crippen LogP contribution in [0, 0.1) is 46.8 Å². The Hall–Kier alpha value is -3.94. The van der Waals surface area contributed by atoms with E-state index in [1.54, 1.807) is 40.9 Å². The highest BCUT2D eigenvalue weighted by atomic mass is 16.6. The van der Waals surface area contributed by atoms with Gasteiger partial charge >= 0.3 is 11.9 Å². The van der Waals surface area contributed by atoms with Crippen LogP contribution < -0.4 is 0 Å². The van der Waals surface area contributed by atoms with Gasteiger partial charge in [-0.15, -0.1) is 0 Å². The molecule has 5 N–H and O–H groups in total. The number of hydrogen-bond donors (Lipinski definition) is 5. The first-order valence-electron chi connectivity index (χ1n) is 26.5. The van der Waals surface area contributed by atoms with Crippen LogP contribution >= 0.6 is 0 Å². The average molecular weight is 1030 g/mol. The van der Waals surface area contributed by atoms with E-state index in [0.29, 0.717) is 57.8 Å². The van der Waals surface area contributed by atoms with Gasteiger partial charge in [-0.3, -0.25) is 24.0 Å². The monoisotopic (exact) mass is 1030 g/mol. The number of rotatable bonds is 10. The number of piperidine rings is 1. The minimum atomic E-state index is -2.48. The number of cyclic esters (lactones) is 1. The Morgan fingerprint density at radius 3 is 2.23 bits per heavy atom. The number of ketones is 3. The lowest BCUT2D eigenvalue weighted by Crippen LogP contribution is -2.61. The van der Waals surface area contributed by atoms with Crippen molar-refractivity contribution in [1.82, 2.24) is 4.90 Å². The number of carbonyl (C=O) groups excluding carboxylic acids is 6. The average Bonchev–Trinajstić information content (AvgIpc) is 3.37. The molecule has 1 saturated carbocycles. The van der Waals surface area contributed by atoms with Crippen LogP contribution in [0.1, 0.15) is 132 Å². The molecule has 3 fully saturated rings. The van der Waals surface area contributed by atoms with E-state index in [9.17, 15) is 54.3 Å². The van der Waals surface area contributed by atoms with E-state index < -0.39 is 133 Å². The number of fused-ring (bicyclic) bond motifs is 3. The van der Waals surface area contributed by atoms with Crippen molar-refractivity contribution in [3.05, 3.63) is 47.6 Å². The molecule has 0 aromatic carbocycles. The van der Waals surface area contributed by atoms with E-state index in [4.69, 9.17) is 23.7 Å². The molecule has 17 nitrogen and oxygen atoms in total. The topological polar surface area (TPSA) is 253 Å². The number of allylic oxidation sites excluding steroid dienone is 6. The van der Waals surface area contributed by atoms with Crippen LogP contribution in [-0.4, -0.2) is 155 Å². The number of ether oxygens (including phenoxy) is 5. The summed E-state index contributed by atoms with van der Waals surface area (Å²) in [6.45, 7) is 12.0. The molecule has 1 unspecified atom stereocenters. The quantitative estimate of drug-likeness (QED) is 0.137. The summed E-state index contributed by atoms with van der Waals surface area (Å²) in [7, 11) is 3.06. The molecule has 412 valence electrons. The summed E-state index contributed by atoms with van der Waals surface area (Å²) >= 11 is 0. The molecule has 2 saturated heterocycles. The van der Waals surface area contributed by atoms with Crippen LogP contribution in [0.5, 0.6) is 0 Å². The third-order valence-corrected chi connectivity index (χ3v) is 16.0. The molecular weight excluding hydrogens is 943 g/mol. The molecular formula is C56H87NO16. The summed E-state index contributed by atoms with van der Waals surface area (Å²) in [6, 6.07) is -1.21. The number of Topliss-reactive ketones (excluding diaryl/α,β-unsaturated/α-hetero) is 3. The van der Waals surface area contributed by atoms with Gasteiger partial charge in [-0.05, 0) is 114 Å². The maximum atomic E-state index is 14.5. The van der Waals surface area contributed by atoms with Crippen molar-refractivity contribution >= 4 is 35.2 Å². The highest BCUT2D eigenvalue weighted by molar-refractivity contribution is 6.39. The van der Waals surface area contributed by atoms with Crippen molar-refractivity contribution in [1.29, 1.82) is 0 Å². The van der Waals surface area contributed by atoms with E-state index in [-0.39, 0.29) is 49.0 Å². The first-order valence-corrected chi connectivity index (χ1v) is 26.5. The van der Waals surface area contributed by atoms with Crippen LogP contribution in [0.2, 0.25) is 0 Å². The van der Waals surface area contributed by atoms with Gasteiger partial charge in [0.1, 0.15) is 29.4 Å². The third kappa shape index (κ3) is 16.0. The predicted octanol–water partition coefficient (Wildman–Crippen LogP) is 5.32. The molecule has 0 radical (unpaired) electrons. The zero-order valence-electron chi connectivity index (χ0n) is 45.0. The standard InChI is InChI=1S/C56H87NO16/c1-33-16-12-11-13-17-34(2)46(69-9)28-41-21-19-39(7)56(68,73-41)51(64)52(65)57-23-15-14-18-43(57)53(66)71-47(29-44(61)35(3)25-38(6)50(63)42(30-58)49(62)37(5)24-33)36(4)26-40-20-22-45(48(27-40)70-10)72-54(67)55(8,31-59)32-60/h11-13,16-17,25,33,36-43,45-48,50,58-60,63,68H,14-15,18-24,26-32H2,1-10H3/b13-11?,16-12?,34-17?,35-25+/t33-,36-,37-,38?,39-,40+,41+,42+,43+,45-,46+,47+,48-,50-,56-/m1/s1. The van der Waals surface area contributed by atoms with Crippen molar-refractivity contribution in [2.24, 2.45) is 46.8 Å². The molecule has 1 aliphatic carbocycles. The molecule has 3 heterocycles. The van der Waals surface area contributed by atoms with E-state index in [0.717, 1.165) is 10.5 Å². The summed E-state index contributed by atoms with van der Waals surface area (Å²) in [5.74, 6) is -10.7. The zero-order valence-corrected chi connectivity index (χ0v) is 45.0. The fraction of sp³-hybridized carbons (Fsp3) is 0.750. The number of aliphatic hydroxyl groups excluding tert-OH is 4. The van der Waals surface area contributed by atoms with E-state index in [1.807, 2.05) is 51.2 Å². The Morgan fingerprint density at radius 1 is 0.890 bits per heavy atom. The molecule has 3 aliphatic heterocycles. The molecule has 15 atom stereocenters. The molecule has 0 spiro atoms. The van der Waals surface area contributed by atoms with Gasteiger partial charge in [0, 0.05) is 51.4 Å². The highest BCUT2D eigenvalue weighted by Crippen LogP contribution is 2.38. The Kier molecular flexibility index (Phi) is 23.9. The molecule has 73 heavy (non-hydrogen) atoms. The lowest BCUT2D eigenvalue weighted by atomic mass is 9.78. The van der Waals surface area contributed by atoms with E-state index >= 15 is 0 Å². The lowest BCUT2D eigenvalue weighted by Gasteiger charge is -2.42. The van der Waals surface area contributed by atoms with Gasteiger partial charge in [-0.25, -0.2) is 4.79 Å². The molecule has 2 bridgehead atoms. The van der Waals surface area contributed by atoms with Gasteiger partial charge in [-0.2, -0.15) is 0 Å². The fourth-order valence-electron chi connectivity index (χ4n) is 10.8. The van der Waals surface area contributed by atoms with Crippen molar-refractivity contribution in [3.8, 4) is 0 Å². The minimum Gasteiger partial charge on any atom is -0.460 e. The first kappa shape index (κ1) is 61.6. The second-order valence-electron chi connectivity index (χ2n) is 22.0. The fourth-order valence-corrected chi connectivity index (χ4v) is 10.8. The normalized spacial score (nSPS) is 35.8. The molecule has 0 aromatic rings. The van der Waals surface area contributed by atoms with Gasteiger partial charge in [0.05, 0.1) is 50.2 Å². The van der Waals surface area contributed by atoms with Gasteiger partial charge < -0.3 is 54.1 Å². The van der Waals surface area contributed by atoms with Crippen LogP contribution in [0.15, 0.2) is 47.6 Å². The second-order valence-corrected chi connectivity index (χ2v) is 22.0. The lowest BCUT2D eigenvalue weighted by molar-refractivity contribution is -0.265.